The molecule has 12 aliphatic rings. The number of hydrogen-bond acceptors (Lipinski definition) is 0. The van der Waals surface area contributed by atoms with Crippen molar-refractivity contribution in [1.29, 1.82) is 0 Å². The molecule has 0 nitrogen and oxygen atoms in total. The topological polar surface area (TPSA) is 0 Å². The minimum absolute atomic E-state index is 1.03. The highest BCUT2D eigenvalue weighted by Crippen LogP contribution is 2.29. The number of benzene rings is 6. The molecule has 0 aliphatic heterocycles. The van der Waals surface area contributed by atoms with Crippen molar-refractivity contribution in [2.45, 2.75) is 77.0 Å². The lowest BCUT2D eigenvalue weighted by Crippen LogP contribution is -2.03. The summed E-state index contributed by atoms with van der Waals surface area (Å²) in [5.74, 6) is 0. The van der Waals surface area contributed by atoms with Crippen LogP contribution < -0.4 is 0 Å². The van der Waals surface area contributed by atoms with Gasteiger partial charge in [-0.3, -0.25) is 0 Å². The predicted molar refractivity (Wildman–Crippen MR) is 221 cm³/mol. The molecule has 0 amide bonds. The van der Waals surface area contributed by atoms with Crippen LogP contribution in [0.25, 0.3) is 24.3 Å². The number of hydrogen-bond donors (Lipinski definition) is 0. The van der Waals surface area contributed by atoms with Crippen molar-refractivity contribution in [3.05, 3.63) is 210 Å². The molecular weight excluding hydrogens is 625 g/mol. The van der Waals surface area contributed by atoms with E-state index in [1.807, 2.05) is 0 Å². The van der Waals surface area contributed by atoms with Crippen LogP contribution in [0.1, 0.15) is 89.0 Å². The average Bonchev–Trinajstić information content (AvgIpc) is 3.17. The average molecular weight is 673 g/mol. The highest BCUT2D eigenvalue weighted by atomic mass is 14.2. The summed E-state index contributed by atoms with van der Waals surface area (Å²) in [6.45, 7) is 0. The van der Waals surface area contributed by atoms with Crippen LogP contribution in [0, 0.1) is 0 Å². The second-order valence-corrected chi connectivity index (χ2v) is 15.4. The maximum atomic E-state index is 2.52. The van der Waals surface area contributed by atoms with Crippen molar-refractivity contribution in [1.82, 2.24) is 0 Å². The van der Waals surface area contributed by atoms with Crippen molar-refractivity contribution >= 4 is 24.3 Å². The van der Waals surface area contributed by atoms with Crippen LogP contribution in [0.2, 0.25) is 0 Å². The summed E-state index contributed by atoms with van der Waals surface area (Å²) in [6, 6.07) is 47.5. The summed E-state index contributed by atoms with van der Waals surface area (Å²) in [5, 5.41) is 0. The van der Waals surface area contributed by atoms with Gasteiger partial charge in [-0.25, -0.2) is 0 Å². The molecule has 52 heavy (non-hydrogen) atoms. The second kappa shape index (κ2) is 14.8. The number of rotatable bonds is 4. The molecule has 0 heteroatoms. The monoisotopic (exact) mass is 672 g/mol. The normalized spacial score (nSPS) is 15.4. The molecule has 6 aromatic rings. The maximum Gasteiger partial charge on any atom is -0.0221 e. The van der Waals surface area contributed by atoms with Gasteiger partial charge in [0.1, 0.15) is 0 Å². The van der Waals surface area contributed by atoms with Gasteiger partial charge in [-0.05, 0) is 166 Å². The summed E-state index contributed by atoms with van der Waals surface area (Å²) >= 11 is 0. The molecule has 6 aromatic carbocycles. The van der Waals surface area contributed by atoms with Crippen LogP contribution >= 0.6 is 0 Å². The zero-order valence-corrected chi connectivity index (χ0v) is 30.3. The molecule has 18 rings (SSSR count). The minimum Gasteiger partial charge on any atom is -0.0588 e. The summed E-state index contributed by atoms with van der Waals surface area (Å²) in [7, 11) is 0. The Morgan fingerprint density at radius 3 is 0.769 bits per heavy atom. The van der Waals surface area contributed by atoms with Gasteiger partial charge < -0.3 is 0 Å². The van der Waals surface area contributed by atoms with E-state index in [0.717, 1.165) is 77.0 Å². The molecular formula is C52H48. The summed E-state index contributed by atoms with van der Waals surface area (Å²) in [6.07, 6.45) is 22.5. The van der Waals surface area contributed by atoms with E-state index in [2.05, 4.69) is 146 Å². The van der Waals surface area contributed by atoms with Crippen LogP contribution in [-0.4, -0.2) is 0 Å². The molecule has 0 aromatic heterocycles. The first-order valence-corrected chi connectivity index (χ1v) is 19.7. The van der Waals surface area contributed by atoms with Crippen molar-refractivity contribution in [3.8, 4) is 0 Å². The lowest BCUT2D eigenvalue weighted by Gasteiger charge is -2.17. The molecule has 0 atom stereocenters. The maximum absolute atomic E-state index is 2.52. The first-order chi connectivity index (χ1) is 25.7. The summed E-state index contributed by atoms with van der Waals surface area (Å²) in [4.78, 5) is 0. The fourth-order valence-corrected chi connectivity index (χ4v) is 8.51. The fraction of sp³-hybridized carbons (Fsp3) is 0.231. The third-order valence-electron chi connectivity index (χ3n) is 11.9. The first-order valence-electron chi connectivity index (χ1n) is 19.7. The smallest absolute Gasteiger partial charge is 0.0221 e. The second-order valence-electron chi connectivity index (χ2n) is 15.4. The van der Waals surface area contributed by atoms with Gasteiger partial charge in [0, 0.05) is 0 Å². The van der Waals surface area contributed by atoms with E-state index >= 15 is 0 Å². The lowest BCUT2D eigenvalue weighted by molar-refractivity contribution is 0.916. The third kappa shape index (κ3) is 7.54. The minimum atomic E-state index is 1.03. The molecule has 0 saturated heterocycles. The standard InChI is InChI=1S/C52H48/c1-5-39-6-2-37(1)13-15-43-21-25-45(23-17-39)47(33-43)29-31-51-35-50-28-20-42-11-9-41(10-12-42)19-27-49(51)36-52(50)32-30-48-34-44-16-14-38-3-7-40(8-4-38)18-24-46(48)26-22-44/h1-12,21-22,25-26,29-36H,13-20,23-24,27-28H2/b31-29+,32-30+. The van der Waals surface area contributed by atoms with Crippen molar-refractivity contribution in [3.63, 3.8) is 0 Å². The third-order valence-corrected chi connectivity index (χ3v) is 11.9. The predicted octanol–water partition coefficient (Wildman–Crippen LogP) is 11.7. The Bertz CT molecular complexity index is 2090. The van der Waals surface area contributed by atoms with Crippen LogP contribution in [-0.2, 0) is 77.0 Å². The van der Waals surface area contributed by atoms with E-state index in [1.54, 1.807) is 0 Å². The van der Waals surface area contributed by atoms with E-state index in [4.69, 9.17) is 0 Å². The molecule has 0 spiro atoms. The molecule has 0 N–H and O–H groups in total. The Hall–Kier alpha value is -5.20. The molecule has 12 bridgehead atoms. The van der Waals surface area contributed by atoms with Gasteiger partial charge in [-0.15, -0.1) is 0 Å². The molecule has 0 fully saturated rings. The van der Waals surface area contributed by atoms with E-state index in [0.29, 0.717) is 0 Å². The largest absolute Gasteiger partial charge is 0.0588 e. The van der Waals surface area contributed by atoms with Gasteiger partial charge in [0.25, 0.3) is 0 Å². The SMILES string of the molecule is C(=C\c1cc2c(/C=C/c3cc4ccc3CCc3ccc(cc3)CC4)cc1CCc1ccc(cc1)CC2)/c1cc2ccc1CCc1ccc(cc1)CC2. The summed E-state index contributed by atoms with van der Waals surface area (Å²) in [5.41, 5.74) is 22.7. The Kier molecular flexibility index (Phi) is 9.31. The van der Waals surface area contributed by atoms with Gasteiger partial charge in [0.2, 0.25) is 0 Å². The molecule has 0 radical (unpaired) electrons. The van der Waals surface area contributed by atoms with Crippen molar-refractivity contribution in [2.24, 2.45) is 0 Å². The quantitative estimate of drug-likeness (QED) is 0.164. The fourth-order valence-electron chi connectivity index (χ4n) is 8.51. The highest BCUT2D eigenvalue weighted by molar-refractivity contribution is 5.78. The Labute approximate surface area is 310 Å². The van der Waals surface area contributed by atoms with Crippen molar-refractivity contribution in [2.75, 3.05) is 0 Å². The van der Waals surface area contributed by atoms with Crippen LogP contribution in [0.4, 0.5) is 0 Å². The molecule has 12 aliphatic carbocycles. The highest BCUT2D eigenvalue weighted by Gasteiger charge is 2.13. The summed E-state index contributed by atoms with van der Waals surface area (Å²) < 4.78 is 0. The van der Waals surface area contributed by atoms with Crippen molar-refractivity contribution < 1.29 is 0 Å². The lowest BCUT2D eigenvalue weighted by atomic mass is 9.88. The van der Waals surface area contributed by atoms with E-state index in [9.17, 15) is 0 Å². The molecule has 0 saturated carbocycles. The van der Waals surface area contributed by atoms with Gasteiger partial charge in [0.15, 0.2) is 0 Å². The van der Waals surface area contributed by atoms with E-state index in [-0.39, 0.29) is 0 Å². The Morgan fingerprint density at radius 2 is 0.442 bits per heavy atom. The number of aryl methyl sites for hydroxylation is 12. The van der Waals surface area contributed by atoms with Gasteiger partial charge in [0.05, 0.1) is 0 Å². The van der Waals surface area contributed by atoms with Gasteiger partial charge in [-0.1, -0.05) is 146 Å². The molecule has 256 valence electrons. The molecule has 0 unspecified atom stereocenters. The van der Waals surface area contributed by atoms with Crippen LogP contribution in [0.3, 0.4) is 0 Å². The van der Waals surface area contributed by atoms with Gasteiger partial charge >= 0.3 is 0 Å². The Balaban J connectivity index is 1.07. The van der Waals surface area contributed by atoms with Crippen LogP contribution in [0.15, 0.2) is 121 Å². The zero-order valence-electron chi connectivity index (χ0n) is 30.3. The van der Waals surface area contributed by atoms with Gasteiger partial charge in [-0.2, -0.15) is 0 Å². The van der Waals surface area contributed by atoms with E-state index < -0.39 is 0 Å². The first kappa shape index (κ1) is 32.7. The molecule has 0 heterocycles. The van der Waals surface area contributed by atoms with Crippen LogP contribution in [0.5, 0.6) is 0 Å². The van der Waals surface area contributed by atoms with E-state index in [1.165, 1.54) is 89.0 Å². The Morgan fingerprint density at radius 1 is 0.212 bits per heavy atom. The zero-order chi connectivity index (χ0) is 34.7.